The maximum atomic E-state index is 10.9. The van der Waals surface area contributed by atoms with Crippen LogP contribution in [0.3, 0.4) is 0 Å². The third kappa shape index (κ3) is 2.28. The Bertz CT molecular complexity index is 442. The van der Waals surface area contributed by atoms with Crippen molar-refractivity contribution in [3.8, 4) is 0 Å². The van der Waals surface area contributed by atoms with E-state index in [2.05, 4.69) is 12.0 Å². The molecule has 2 atom stereocenters. The Labute approximate surface area is 104 Å². The SMILES string of the molecule is CCCC(C1CO1)n1nc(Cl)c([N+](=O)[O-])c1C. The molecule has 0 saturated carbocycles. The first-order valence-electron chi connectivity index (χ1n) is 5.56. The number of hydrogen-bond acceptors (Lipinski definition) is 4. The highest BCUT2D eigenvalue weighted by Gasteiger charge is 2.37. The highest BCUT2D eigenvalue weighted by Crippen LogP contribution is 2.35. The molecule has 1 aliphatic rings. The van der Waals surface area contributed by atoms with Crippen molar-refractivity contribution in [3.63, 3.8) is 0 Å². The topological polar surface area (TPSA) is 73.5 Å². The number of rotatable bonds is 5. The van der Waals surface area contributed by atoms with Gasteiger partial charge in [-0.15, -0.1) is 0 Å². The van der Waals surface area contributed by atoms with Gasteiger partial charge in [0.1, 0.15) is 11.8 Å². The van der Waals surface area contributed by atoms with Gasteiger partial charge in [-0.3, -0.25) is 14.8 Å². The lowest BCUT2D eigenvalue weighted by atomic mass is 10.1. The summed E-state index contributed by atoms with van der Waals surface area (Å²) >= 11 is 5.80. The van der Waals surface area contributed by atoms with Crippen LogP contribution in [0.1, 0.15) is 31.5 Å². The summed E-state index contributed by atoms with van der Waals surface area (Å²) in [6.45, 7) is 4.42. The number of nitro groups is 1. The fraction of sp³-hybridized carbons (Fsp3) is 0.700. The molecule has 2 heterocycles. The fourth-order valence-corrected chi connectivity index (χ4v) is 2.33. The molecule has 0 N–H and O–H groups in total. The summed E-state index contributed by atoms with van der Waals surface area (Å²) in [4.78, 5) is 10.4. The average molecular weight is 260 g/mol. The van der Waals surface area contributed by atoms with Gasteiger partial charge in [-0.05, 0) is 13.3 Å². The van der Waals surface area contributed by atoms with Gasteiger partial charge < -0.3 is 4.74 Å². The normalized spacial score (nSPS) is 20.3. The van der Waals surface area contributed by atoms with E-state index < -0.39 is 4.92 Å². The minimum Gasteiger partial charge on any atom is -0.371 e. The summed E-state index contributed by atoms with van der Waals surface area (Å²) in [5.41, 5.74) is 0.391. The minimum atomic E-state index is -0.488. The molecule has 2 rings (SSSR count). The molecule has 0 radical (unpaired) electrons. The Hall–Kier alpha value is -1.14. The van der Waals surface area contributed by atoms with E-state index >= 15 is 0 Å². The summed E-state index contributed by atoms with van der Waals surface area (Å²) in [7, 11) is 0. The van der Waals surface area contributed by atoms with Crippen molar-refractivity contribution < 1.29 is 9.66 Å². The van der Waals surface area contributed by atoms with Crippen molar-refractivity contribution in [3.05, 3.63) is 21.0 Å². The van der Waals surface area contributed by atoms with Crippen molar-refractivity contribution in [2.45, 2.75) is 38.8 Å². The Morgan fingerprint density at radius 3 is 2.82 bits per heavy atom. The van der Waals surface area contributed by atoms with E-state index in [4.69, 9.17) is 16.3 Å². The number of epoxide rings is 1. The summed E-state index contributed by atoms with van der Waals surface area (Å²) < 4.78 is 6.91. The predicted octanol–water partition coefficient (Wildman–Crippen LogP) is 2.49. The van der Waals surface area contributed by atoms with E-state index in [0.29, 0.717) is 12.3 Å². The quantitative estimate of drug-likeness (QED) is 0.463. The van der Waals surface area contributed by atoms with Gasteiger partial charge in [-0.2, -0.15) is 5.10 Å². The molecule has 1 aromatic rings. The number of aromatic nitrogens is 2. The maximum Gasteiger partial charge on any atom is 0.328 e. The lowest BCUT2D eigenvalue weighted by Gasteiger charge is -2.15. The third-order valence-corrected chi connectivity index (χ3v) is 3.20. The summed E-state index contributed by atoms with van der Waals surface area (Å²) in [5, 5.41) is 14.9. The Morgan fingerprint density at radius 1 is 1.76 bits per heavy atom. The molecular formula is C10H14ClN3O3. The van der Waals surface area contributed by atoms with Gasteiger partial charge in [0, 0.05) is 0 Å². The molecule has 1 aromatic heterocycles. The molecule has 0 bridgehead atoms. The van der Waals surface area contributed by atoms with E-state index in [9.17, 15) is 10.1 Å². The summed E-state index contributed by atoms with van der Waals surface area (Å²) in [5.74, 6) is 0. The first-order valence-corrected chi connectivity index (χ1v) is 5.94. The molecule has 7 heteroatoms. The number of halogens is 1. The van der Waals surface area contributed by atoms with Gasteiger partial charge in [0.05, 0.1) is 17.6 Å². The van der Waals surface area contributed by atoms with Gasteiger partial charge >= 0.3 is 5.69 Å². The molecule has 1 saturated heterocycles. The van der Waals surface area contributed by atoms with E-state index in [1.165, 1.54) is 0 Å². The number of hydrogen-bond donors (Lipinski definition) is 0. The second kappa shape index (κ2) is 4.62. The molecule has 2 unspecified atom stereocenters. The van der Waals surface area contributed by atoms with Crippen molar-refractivity contribution in [1.29, 1.82) is 0 Å². The smallest absolute Gasteiger partial charge is 0.328 e. The van der Waals surface area contributed by atoms with Crippen molar-refractivity contribution in [1.82, 2.24) is 9.78 Å². The van der Waals surface area contributed by atoms with Gasteiger partial charge in [-0.1, -0.05) is 24.9 Å². The van der Waals surface area contributed by atoms with Crippen LogP contribution in [0.25, 0.3) is 0 Å². The minimum absolute atomic E-state index is 0.0470. The van der Waals surface area contributed by atoms with Crippen LogP contribution in [0.4, 0.5) is 5.69 Å². The highest BCUT2D eigenvalue weighted by molar-refractivity contribution is 6.31. The van der Waals surface area contributed by atoms with Crippen LogP contribution in [-0.2, 0) is 4.74 Å². The van der Waals surface area contributed by atoms with Crippen molar-refractivity contribution >= 4 is 17.3 Å². The van der Waals surface area contributed by atoms with Crippen molar-refractivity contribution in [2.24, 2.45) is 0 Å². The van der Waals surface area contributed by atoms with Crippen LogP contribution >= 0.6 is 11.6 Å². The first kappa shape index (κ1) is 12.3. The van der Waals surface area contributed by atoms with E-state index in [1.54, 1.807) is 11.6 Å². The molecule has 6 nitrogen and oxygen atoms in total. The monoisotopic (exact) mass is 259 g/mol. The molecule has 94 valence electrons. The molecule has 1 fully saturated rings. The van der Waals surface area contributed by atoms with Gasteiger partial charge in [0.25, 0.3) is 0 Å². The molecule has 0 aromatic carbocycles. The molecule has 0 aliphatic carbocycles. The molecular weight excluding hydrogens is 246 g/mol. The third-order valence-electron chi connectivity index (χ3n) is 2.95. The van der Waals surface area contributed by atoms with E-state index in [-0.39, 0.29) is 23.0 Å². The van der Waals surface area contributed by atoms with Gasteiger partial charge in [0.15, 0.2) is 0 Å². The number of nitrogens with zero attached hydrogens (tertiary/aromatic N) is 3. The zero-order chi connectivity index (χ0) is 12.6. The van der Waals surface area contributed by atoms with E-state index in [0.717, 1.165) is 12.8 Å². The second-order valence-corrected chi connectivity index (χ2v) is 4.51. The van der Waals surface area contributed by atoms with Crippen LogP contribution in [0.5, 0.6) is 0 Å². The Balaban J connectivity index is 2.36. The summed E-state index contributed by atoms with van der Waals surface area (Å²) in [6, 6.07) is 0.0474. The van der Waals surface area contributed by atoms with Gasteiger partial charge in [-0.25, -0.2) is 0 Å². The van der Waals surface area contributed by atoms with Gasteiger partial charge in [0.2, 0.25) is 5.15 Å². The molecule has 17 heavy (non-hydrogen) atoms. The molecule has 0 amide bonds. The largest absolute Gasteiger partial charge is 0.371 e. The van der Waals surface area contributed by atoms with Crippen LogP contribution in [0, 0.1) is 17.0 Å². The molecule has 0 spiro atoms. The van der Waals surface area contributed by atoms with Crippen LogP contribution < -0.4 is 0 Å². The average Bonchev–Trinajstić information content (AvgIpc) is 3.02. The van der Waals surface area contributed by atoms with Crippen LogP contribution in [-0.4, -0.2) is 27.4 Å². The predicted molar refractivity (Wildman–Crippen MR) is 62.3 cm³/mol. The van der Waals surface area contributed by atoms with Crippen LogP contribution in [0.15, 0.2) is 0 Å². The zero-order valence-corrected chi connectivity index (χ0v) is 10.5. The Morgan fingerprint density at radius 2 is 2.41 bits per heavy atom. The van der Waals surface area contributed by atoms with Crippen LogP contribution in [0.2, 0.25) is 5.15 Å². The Kier molecular flexibility index (Phi) is 3.35. The highest BCUT2D eigenvalue weighted by atomic mass is 35.5. The standard InChI is InChI=1S/C10H14ClN3O3/c1-3-4-7(8-5-17-8)13-6(2)9(14(15)16)10(11)12-13/h7-8H,3-5H2,1-2H3. The zero-order valence-electron chi connectivity index (χ0n) is 9.72. The summed E-state index contributed by atoms with van der Waals surface area (Å²) in [6.07, 6.45) is 1.96. The molecule has 1 aliphatic heterocycles. The lowest BCUT2D eigenvalue weighted by Crippen LogP contribution is -2.17. The second-order valence-electron chi connectivity index (χ2n) is 4.15. The maximum absolute atomic E-state index is 10.9. The lowest BCUT2D eigenvalue weighted by molar-refractivity contribution is -0.385. The first-order chi connectivity index (χ1) is 8.06. The van der Waals surface area contributed by atoms with Crippen molar-refractivity contribution in [2.75, 3.05) is 6.61 Å². The fourth-order valence-electron chi connectivity index (χ4n) is 2.04. The number of ether oxygens (including phenoxy) is 1. The van der Waals surface area contributed by atoms with E-state index in [1.807, 2.05) is 0 Å².